The first kappa shape index (κ1) is 14.3. The largest absolute Gasteiger partial charge is 0.468 e. The highest BCUT2D eigenvalue weighted by Gasteiger charge is 2.55. The normalized spacial score (nSPS) is 30.2. The Morgan fingerprint density at radius 3 is 2.60 bits per heavy atom. The third kappa shape index (κ3) is 2.73. The van der Waals surface area contributed by atoms with Crippen LogP contribution in [-0.4, -0.2) is 48.7 Å². The maximum Gasteiger partial charge on any atom is 0.327 e. The minimum atomic E-state index is -0.437. The van der Waals surface area contributed by atoms with Crippen LogP contribution in [0.3, 0.4) is 0 Å². The molecule has 0 radical (unpaired) electrons. The highest BCUT2D eigenvalue weighted by Crippen LogP contribution is 2.43. The van der Waals surface area contributed by atoms with Crippen molar-refractivity contribution in [3.8, 4) is 0 Å². The average molecular weight is 280 g/mol. The van der Waals surface area contributed by atoms with Crippen LogP contribution in [0.1, 0.15) is 51.9 Å². The number of hydrogen-bond donors (Lipinski definition) is 1. The van der Waals surface area contributed by atoms with Crippen LogP contribution in [0.2, 0.25) is 0 Å². The molecule has 2 unspecified atom stereocenters. The molecule has 0 aromatic rings. The summed E-state index contributed by atoms with van der Waals surface area (Å²) in [5, 5.41) is 3.67. The summed E-state index contributed by atoms with van der Waals surface area (Å²) in [5.74, 6) is 0.447. The van der Waals surface area contributed by atoms with E-state index in [-0.39, 0.29) is 5.97 Å². The number of esters is 1. The van der Waals surface area contributed by atoms with Gasteiger partial charge in [0.05, 0.1) is 7.11 Å². The molecule has 2 saturated carbocycles. The first-order valence-corrected chi connectivity index (χ1v) is 8.29. The molecule has 3 rings (SSSR count). The molecule has 20 heavy (non-hydrogen) atoms. The van der Waals surface area contributed by atoms with E-state index in [2.05, 4.69) is 17.1 Å². The Labute approximate surface area is 122 Å². The molecule has 1 saturated heterocycles. The van der Waals surface area contributed by atoms with Crippen LogP contribution in [0.15, 0.2) is 0 Å². The van der Waals surface area contributed by atoms with E-state index in [9.17, 15) is 4.79 Å². The summed E-state index contributed by atoms with van der Waals surface area (Å²) in [4.78, 5) is 15.1. The number of nitrogens with one attached hydrogen (secondary N) is 1. The Morgan fingerprint density at radius 2 is 2.05 bits per heavy atom. The summed E-state index contributed by atoms with van der Waals surface area (Å²) in [5.41, 5.74) is -0.437. The number of rotatable bonds is 7. The lowest BCUT2D eigenvalue weighted by Gasteiger charge is -2.38. The predicted molar refractivity (Wildman–Crippen MR) is 78.5 cm³/mol. The molecule has 1 N–H and O–H groups in total. The number of nitrogens with zero attached hydrogens (tertiary/aromatic N) is 1. The lowest BCUT2D eigenvalue weighted by Crippen LogP contribution is -2.62. The van der Waals surface area contributed by atoms with E-state index < -0.39 is 5.54 Å². The summed E-state index contributed by atoms with van der Waals surface area (Å²) in [6.45, 7) is 4.24. The van der Waals surface area contributed by atoms with Gasteiger partial charge in [0.15, 0.2) is 0 Å². The number of hydrogen-bond acceptors (Lipinski definition) is 4. The minimum absolute atomic E-state index is 0.0337. The van der Waals surface area contributed by atoms with Gasteiger partial charge in [0.2, 0.25) is 0 Å². The SMILES string of the molecule is CCC1CCCN1CC(NC1CC1)(C(=O)OC)C1CC1. The van der Waals surface area contributed by atoms with Gasteiger partial charge in [-0.05, 0) is 57.4 Å². The Hall–Kier alpha value is -0.610. The lowest BCUT2D eigenvalue weighted by atomic mass is 9.91. The molecule has 0 aromatic carbocycles. The van der Waals surface area contributed by atoms with E-state index in [1.54, 1.807) is 0 Å². The number of likely N-dealkylation sites (tertiary alicyclic amines) is 1. The molecule has 2 atom stereocenters. The molecule has 0 amide bonds. The molecule has 0 bridgehead atoms. The van der Waals surface area contributed by atoms with Crippen LogP contribution in [0.5, 0.6) is 0 Å². The first-order valence-electron chi connectivity index (χ1n) is 8.29. The zero-order valence-corrected chi connectivity index (χ0v) is 12.9. The van der Waals surface area contributed by atoms with E-state index in [0.717, 1.165) is 13.1 Å². The predicted octanol–water partition coefficient (Wildman–Crippen LogP) is 1.93. The van der Waals surface area contributed by atoms with Crippen LogP contribution in [0, 0.1) is 5.92 Å². The van der Waals surface area contributed by atoms with Crippen molar-refractivity contribution >= 4 is 5.97 Å². The van der Waals surface area contributed by atoms with Gasteiger partial charge in [-0.25, -0.2) is 4.79 Å². The van der Waals surface area contributed by atoms with Gasteiger partial charge in [0.1, 0.15) is 5.54 Å². The van der Waals surface area contributed by atoms with E-state index in [0.29, 0.717) is 18.0 Å². The van der Waals surface area contributed by atoms with Gasteiger partial charge in [-0.2, -0.15) is 0 Å². The second-order valence-electron chi connectivity index (χ2n) is 6.83. The van der Waals surface area contributed by atoms with Crippen LogP contribution in [0.25, 0.3) is 0 Å². The van der Waals surface area contributed by atoms with Crippen LogP contribution < -0.4 is 5.32 Å². The highest BCUT2D eigenvalue weighted by molar-refractivity contribution is 5.82. The lowest BCUT2D eigenvalue weighted by molar-refractivity contribution is -0.151. The van der Waals surface area contributed by atoms with Crippen molar-refractivity contribution in [1.82, 2.24) is 10.2 Å². The van der Waals surface area contributed by atoms with Gasteiger partial charge in [-0.15, -0.1) is 0 Å². The first-order chi connectivity index (χ1) is 9.69. The van der Waals surface area contributed by atoms with Gasteiger partial charge >= 0.3 is 5.97 Å². The average Bonchev–Trinajstić information content (AvgIpc) is 3.36. The second kappa shape index (κ2) is 5.64. The van der Waals surface area contributed by atoms with E-state index in [1.807, 2.05) is 0 Å². The quantitative estimate of drug-likeness (QED) is 0.724. The van der Waals surface area contributed by atoms with Gasteiger partial charge in [-0.3, -0.25) is 10.2 Å². The molecule has 4 nitrogen and oxygen atoms in total. The van der Waals surface area contributed by atoms with E-state index in [4.69, 9.17) is 4.74 Å². The van der Waals surface area contributed by atoms with Crippen molar-refractivity contribution in [2.75, 3.05) is 20.2 Å². The third-order valence-corrected chi connectivity index (χ3v) is 5.29. The highest BCUT2D eigenvalue weighted by atomic mass is 16.5. The Morgan fingerprint density at radius 1 is 1.30 bits per heavy atom. The van der Waals surface area contributed by atoms with Gasteiger partial charge in [0, 0.05) is 18.6 Å². The fourth-order valence-corrected chi connectivity index (χ4v) is 3.82. The van der Waals surface area contributed by atoms with Crippen molar-refractivity contribution in [1.29, 1.82) is 0 Å². The Balaban J connectivity index is 1.77. The summed E-state index contributed by atoms with van der Waals surface area (Å²) in [7, 11) is 1.54. The van der Waals surface area contributed by atoms with E-state index in [1.165, 1.54) is 52.1 Å². The van der Waals surface area contributed by atoms with Crippen LogP contribution >= 0.6 is 0 Å². The monoisotopic (exact) mass is 280 g/mol. The van der Waals surface area contributed by atoms with Crippen LogP contribution in [0.4, 0.5) is 0 Å². The number of carbonyl (C=O) groups excluding carboxylic acids is 1. The third-order valence-electron chi connectivity index (χ3n) is 5.29. The number of ether oxygens (including phenoxy) is 1. The van der Waals surface area contributed by atoms with Crippen molar-refractivity contribution in [2.45, 2.75) is 69.5 Å². The Kier molecular flexibility index (Phi) is 4.04. The summed E-state index contributed by atoms with van der Waals surface area (Å²) in [6, 6.07) is 1.19. The molecule has 114 valence electrons. The standard InChI is InChI=1S/C16H28N2O2/c1-3-14-5-4-10-18(14)11-16(12-6-7-12,15(19)20-2)17-13-8-9-13/h12-14,17H,3-11H2,1-2H3. The molecule has 0 aromatic heterocycles. The number of carbonyl (C=O) groups is 1. The van der Waals surface area contributed by atoms with Crippen LogP contribution in [-0.2, 0) is 9.53 Å². The van der Waals surface area contributed by atoms with E-state index >= 15 is 0 Å². The summed E-state index contributed by atoms with van der Waals surface area (Å²) < 4.78 is 5.20. The zero-order valence-electron chi connectivity index (χ0n) is 12.9. The molecule has 3 aliphatic rings. The molecule has 2 aliphatic carbocycles. The smallest absolute Gasteiger partial charge is 0.327 e. The fourth-order valence-electron chi connectivity index (χ4n) is 3.82. The maximum absolute atomic E-state index is 12.6. The zero-order chi connectivity index (χ0) is 14.2. The molecular weight excluding hydrogens is 252 g/mol. The molecule has 4 heteroatoms. The summed E-state index contributed by atoms with van der Waals surface area (Å²) in [6.07, 6.45) is 8.49. The summed E-state index contributed by atoms with van der Waals surface area (Å²) >= 11 is 0. The van der Waals surface area contributed by atoms with Crippen molar-refractivity contribution in [3.05, 3.63) is 0 Å². The minimum Gasteiger partial charge on any atom is -0.468 e. The number of methoxy groups -OCH3 is 1. The Bertz CT molecular complexity index is 365. The van der Waals surface area contributed by atoms with Gasteiger partial charge in [0.25, 0.3) is 0 Å². The van der Waals surface area contributed by atoms with Gasteiger partial charge < -0.3 is 4.74 Å². The molecular formula is C16H28N2O2. The second-order valence-corrected chi connectivity index (χ2v) is 6.83. The molecule has 3 fully saturated rings. The molecule has 0 spiro atoms. The van der Waals surface area contributed by atoms with Crippen molar-refractivity contribution in [2.24, 2.45) is 5.92 Å². The van der Waals surface area contributed by atoms with Gasteiger partial charge in [-0.1, -0.05) is 6.92 Å². The van der Waals surface area contributed by atoms with Crippen molar-refractivity contribution in [3.63, 3.8) is 0 Å². The fraction of sp³-hybridized carbons (Fsp3) is 0.938. The molecule has 1 heterocycles. The maximum atomic E-state index is 12.6. The van der Waals surface area contributed by atoms with Crippen molar-refractivity contribution < 1.29 is 9.53 Å². The topological polar surface area (TPSA) is 41.6 Å². The molecule has 1 aliphatic heterocycles.